The number of nitrogens with two attached hydrogens (primary N) is 1. The number of carbonyl (C=O) groups excluding carboxylic acids is 2. The van der Waals surface area contributed by atoms with E-state index in [0.29, 0.717) is 35.5 Å². The predicted octanol–water partition coefficient (Wildman–Crippen LogP) is 4.09. The number of benzene rings is 3. The number of amides is 2. The minimum atomic E-state index is -0.173. The summed E-state index contributed by atoms with van der Waals surface area (Å²) in [6, 6.07) is 23.6. The summed E-state index contributed by atoms with van der Waals surface area (Å²) >= 11 is 0. The molecule has 0 spiro atoms. The highest BCUT2D eigenvalue weighted by molar-refractivity contribution is 6.04. The molecular formula is C22H21N3O2. The third-order valence-electron chi connectivity index (χ3n) is 4.14. The molecule has 0 heterocycles. The highest BCUT2D eigenvalue weighted by Crippen LogP contribution is 2.16. The van der Waals surface area contributed by atoms with E-state index in [1.807, 2.05) is 42.5 Å². The fraction of sp³-hybridized carbons (Fsp3) is 0.0909. The molecule has 0 unspecified atom stereocenters. The van der Waals surface area contributed by atoms with E-state index < -0.39 is 0 Å². The Morgan fingerprint density at radius 1 is 0.741 bits per heavy atom. The van der Waals surface area contributed by atoms with Gasteiger partial charge in [-0.2, -0.15) is 0 Å². The van der Waals surface area contributed by atoms with Crippen LogP contribution in [0.2, 0.25) is 0 Å². The topological polar surface area (TPSA) is 84.2 Å². The van der Waals surface area contributed by atoms with Crippen LogP contribution < -0.4 is 16.4 Å². The number of aryl methyl sites for hydroxylation is 1. The molecule has 0 fully saturated rings. The second-order valence-electron chi connectivity index (χ2n) is 6.14. The van der Waals surface area contributed by atoms with Crippen LogP contribution in [-0.2, 0) is 11.2 Å². The molecule has 0 radical (unpaired) electrons. The fourth-order valence-electron chi connectivity index (χ4n) is 2.66. The largest absolute Gasteiger partial charge is 0.399 e. The van der Waals surface area contributed by atoms with E-state index in [-0.39, 0.29) is 11.8 Å². The zero-order chi connectivity index (χ0) is 19.1. The molecule has 136 valence electrons. The van der Waals surface area contributed by atoms with Gasteiger partial charge in [0.2, 0.25) is 5.91 Å². The fourth-order valence-corrected chi connectivity index (χ4v) is 2.66. The molecule has 3 aromatic carbocycles. The van der Waals surface area contributed by atoms with Crippen molar-refractivity contribution >= 4 is 28.9 Å². The predicted molar refractivity (Wildman–Crippen MR) is 109 cm³/mol. The van der Waals surface area contributed by atoms with Gasteiger partial charge in [0.05, 0.1) is 0 Å². The van der Waals surface area contributed by atoms with Crippen LogP contribution in [0.3, 0.4) is 0 Å². The second-order valence-corrected chi connectivity index (χ2v) is 6.14. The first-order valence-electron chi connectivity index (χ1n) is 8.71. The molecule has 0 saturated heterocycles. The van der Waals surface area contributed by atoms with Crippen molar-refractivity contribution in [3.05, 3.63) is 90.0 Å². The van der Waals surface area contributed by atoms with Gasteiger partial charge in [-0.05, 0) is 54.4 Å². The van der Waals surface area contributed by atoms with Crippen LogP contribution >= 0.6 is 0 Å². The number of nitrogen functional groups attached to an aromatic ring is 1. The lowest BCUT2D eigenvalue weighted by atomic mass is 10.1. The molecule has 0 aromatic heterocycles. The van der Waals surface area contributed by atoms with Gasteiger partial charge in [0.25, 0.3) is 5.91 Å². The van der Waals surface area contributed by atoms with Crippen LogP contribution in [0.5, 0.6) is 0 Å². The van der Waals surface area contributed by atoms with Crippen molar-refractivity contribution in [3.8, 4) is 0 Å². The second kappa shape index (κ2) is 8.67. The molecule has 5 nitrogen and oxygen atoms in total. The van der Waals surface area contributed by atoms with E-state index in [2.05, 4.69) is 10.6 Å². The van der Waals surface area contributed by atoms with Gasteiger partial charge in [0.1, 0.15) is 0 Å². The summed E-state index contributed by atoms with van der Waals surface area (Å²) in [4.78, 5) is 24.3. The van der Waals surface area contributed by atoms with Crippen LogP contribution in [0, 0.1) is 0 Å². The lowest BCUT2D eigenvalue weighted by Crippen LogP contribution is -2.13. The van der Waals surface area contributed by atoms with Crippen molar-refractivity contribution in [2.24, 2.45) is 0 Å². The average molecular weight is 359 g/mol. The summed E-state index contributed by atoms with van der Waals surface area (Å²) in [6.45, 7) is 0. The maximum atomic E-state index is 12.1. The van der Waals surface area contributed by atoms with Crippen LogP contribution in [0.25, 0.3) is 0 Å². The molecule has 3 aromatic rings. The van der Waals surface area contributed by atoms with Gasteiger partial charge in [-0.3, -0.25) is 9.59 Å². The van der Waals surface area contributed by atoms with Gasteiger partial charge in [-0.15, -0.1) is 0 Å². The summed E-state index contributed by atoms with van der Waals surface area (Å²) in [5, 5.41) is 5.68. The van der Waals surface area contributed by atoms with Crippen molar-refractivity contribution in [2.45, 2.75) is 12.8 Å². The van der Waals surface area contributed by atoms with Crippen molar-refractivity contribution in [2.75, 3.05) is 16.4 Å². The Morgan fingerprint density at radius 3 is 2.00 bits per heavy atom. The minimum Gasteiger partial charge on any atom is -0.399 e. The van der Waals surface area contributed by atoms with E-state index in [0.717, 1.165) is 5.56 Å². The normalized spacial score (nSPS) is 10.2. The van der Waals surface area contributed by atoms with Crippen molar-refractivity contribution in [1.29, 1.82) is 0 Å². The monoisotopic (exact) mass is 359 g/mol. The van der Waals surface area contributed by atoms with Crippen LogP contribution in [0.15, 0.2) is 78.9 Å². The van der Waals surface area contributed by atoms with Crippen LogP contribution in [-0.4, -0.2) is 11.8 Å². The molecule has 4 N–H and O–H groups in total. The molecule has 0 aliphatic heterocycles. The minimum absolute atomic E-state index is 0.0840. The number of nitrogens with one attached hydrogen (secondary N) is 2. The summed E-state index contributed by atoms with van der Waals surface area (Å²) in [5.74, 6) is -0.257. The molecule has 5 heteroatoms. The number of anilines is 3. The highest BCUT2D eigenvalue weighted by atomic mass is 16.2. The number of carbonyl (C=O) groups is 2. The van der Waals surface area contributed by atoms with Gasteiger partial charge in [-0.1, -0.05) is 36.4 Å². The smallest absolute Gasteiger partial charge is 0.255 e. The summed E-state index contributed by atoms with van der Waals surface area (Å²) in [6.07, 6.45) is 0.935. The summed E-state index contributed by atoms with van der Waals surface area (Å²) in [5.41, 5.74) is 9.49. The van der Waals surface area contributed by atoms with Gasteiger partial charge in [0, 0.05) is 29.0 Å². The van der Waals surface area contributed by atoms with E-state index in [1.54, 1.807) is 36.4 Å². The zero-order valence-electron chi connectivity index (χ0n) is 14.8. The van der Waals surface area contributed by atoms with Crippen molar-refractivity contribution in [1.82, 2.24) is 0 Å². The Kier molecular flexibility index (Phi) is 5.84. The molecule has 0 aliphatic carbocycles. The molecule has 3 rings (SSSR count). The van der Waals surface area contributed by atoms with E-state index in [1.165, 1.54) is 0 Å². The maximum absolute atomic E-state index is 12.1. The highest BCUT2D eigenvalue weighted by Gasteiger charge is 2.07. The standard InChI is InChI=1S/C22H21N3O2/c23-20-9-5-4-6-16(20)10-15-21(26)24-18-11-13-19(14-12-18)25-22(27)17-7-2-1-3-8-17/h1-9,11-14H,10,15,23H2,(H,24,26)(H,25,27). The first-order chi connectivity index (χ1) is 13.1. The van der Waals surface area contributed by atoms with E-state index in [4.69, 9.17) is 5.73 Å². The quantitative estimate of drug-likeness (QED) is 0.580. The summed E-state index contributed by atoms with van der Waals surface area (Å²) < 4.78 is 0. The summed E-state index contributed by atoms with van der Waals surface area (Å²) in [7, 11) is 0. The SMILES string of the molecule is Nc1ccccc1CCC(=O)Nc1ccc(NC(=O)c2ccccc2)cc1. The maximum Gasteiger partial charge on any atom is 0.255 e. The molecule has 0 bridgehead atoms. The third-order valence-corrected chi connectivity index (χ3v) is 4.14. The Hall–Kier alpha value is -3.60. The van der Waals surface area contributed by atoms with Gasteiger partial charge >= 0.3 is 0 Å². The molecule has 27 heavy (non-hydrogen) atoms. The van der Waals surface area contributed by atoms with Gasteiger partial charge in [0.15, 0.2) is 0 Å². The number of para-hydroxylation sites is 1. The Bertz CT molecular complexity index is 922. The molecule has 0 saturated carbocycles. The molecule has 0 atom stereocenters. The van der Waals surface area contributed by atoms with Crippen molar-refractivity contribution in [3.63, 3.8) is 0 Å². The van der Waals surface area contributed by atoms with Crippen molar-refractivity contribution < 1.29 is 9.59 Å². The molecule has 2 amide bonds. The van der Waals surface area contributed by atoms with E-state index >= 15 is 0 Å². The first kappa shape index (κ1) is 18.2. The zero-order valence-corrected chi connectivity index (χ0v) is 14.8. The Morgan fingerprint density at radius 2 is 1.33 bits per heavy atom. The Balaban J connectivity index is 1.52. The average Bonchev–Trinajstić information content (AvgIpc) is 2.69. The van der Waals surface area contributed by atoms with Gasteiger partial charge < -0.3 is 16.4 Å². The number of hydrogen-bond acceptors (Lipinski definition) is 3. The van der Waals surface area contributed by atoms with Gasteiger partial charge in [-0.25, -0.2) is 0 Å². The lowest BCUT2D eigenvalue weighted by molar-refractivity contribution is -0.116. The first-order valence-corrected chi connectivity index (χ1v) is 8.71. The van der Waals surface area contributed by atoms with E-state index in [9.17, 15) is 9.59 Å². The lowest BCUT2D eigenvalue weighted by Gasteiger charge is -2.09. The van der Waals surface area contributed by atoms with Crippen LogP contribution in [0.1, 0.15) is 22.3 Å². The van der Waals surface area contributed by atoms with Crippen LogP contribution in [0.4, 0.5) is 17.1 Å². The number of rotatable bonds is 6. The third kappa shape index (κ3) is 5.19. The number of hydrogen-bond donors (Lipinski definition) is 3. The molecule has 0 aliphatic rings. The Labute approximate surface area is 158 Å². The molecular weight excluding hydrogens is 338 g/mol.